The molecule has 0 bridgehead atoms. The van der Waals surface area contributed by atoms with Crippen molar-refractivity contribution in [3.05, 3.63) is 0 Å². The molecule has 2 aliphatic rings. The van der Waals surface area contributed by atoms with Crippen molar-refractivity contribution in [1.82, 2.24) is 10.2 Å². The van der Waals surface area contributed by atoms with Gasteiger partial charge >= 0.3 is 6.03 Å². The van der Waals surface area contributed by atoms with Crippen molar-refractivity contribution in [3.63, 3.8) is 0 Å². The van der Waals surface area contributed by atoms with Gasteiger partial charge in [0.25, 0.3) is 0 Å². The van der Waals surface area contributed by atoms with E-state index in [-0.39, 0.29) is 19.1 Å². The Balaban J connectivity index is 2.14. The van der Waals surface area contributed by atoms with Crippen LogP contribution in [0.2, 0.25) is 0 Å². The molecule has 1 aliphatic carbocycles. The molecule has 0 aromatic heterocycles. The van der Waals surface area contributed by atoms with E-state index in [2.05, 4.69) is 5.32 Å². The number of hydrogen-bond acceptors (Lipinski definition) is 4. The number of ether oxygens (including phenoxy) is 1. The van der Waals surface area contributed by atoms with Crippen LogP contribution in [0.25, 0.3) is 0 Å². The molecule has 0 radical (unpaired) electrons. The molecule has 1 saturated heterocycles. The number of nitrogens with one attached hydrogen (secondary N) is 1. The van der Waals surface area contributed by atoms with Gasteiger partial charge < -0.3 is 4.74 Å². The molecule has 0 atom stereocenters. The van der Waals surface area contributed by atoms with E-state index in [9.17, 15) is 14.4 Å². The summed E-state index contributed by atoms with van der Waals surface area (Å²) in [6.07, 6.45) is 1.07. The predicted molar refractivity (Wildman–Crippen MR) is 48.8 cm³/mol. The Morgan fingerprint density at radius 2 is 2.07 bits per heavy atom. The van der Waals surface area contributed by atoms with Crippen molar-refractivity contribution in [2.24, 2.45) is 5.41 Å². The Morgan fingerprint density at radius 1 is 1.40 bits per heavy atom. The second kappa shape index (κ2) is 3.30. The van der Waals surface area contributed by atoms with Gasteiger partial charge in [-0.1, -0.05) is 0 Å². The number of imide groups is 2. The van der Waals surface area contributed by atoms with Gasteiger partial charge in [0.1, 0.15) is 5.41 Å². The monoisotopic (exact) mass is 212 g/mol. The van der Waals surface area contributed by atoms with Crippen LogP contribution in [0.15, 0.2) is 0 Å². The molecule has 82 valence electrons. The number of carbonyl (C=O) groups is 3. The molecule has 0 aromatic rings. The Bertz CT molecular complexity index is 335. The van der Waals surface area contributed by atoms with Gasteiger partial charge in [-0.2, -0.15) is 0 Å². The Labute approximate surface area is 86.6 Å². The van der Waals surface area contributed by atoms with Gasteiger partial charge in [0, 0.05) is 7.11 Å². The summed E-state index contributed by atoms with van der Waals surface area (Å²) in [6.45, 7) is 0.472. The fourth-order valence-corrected chi connectivity index (χ4v) is 1.68. The third-order valence-corrected chi connectivity index (χ3v) is 2.82. The van der Waals surface area contributed by atoms with Crippen molar-refractivity contribution >= 4 is 17.8 Å². The van der Waals surface area contributed by atoms with E-state index < -0.39 is 17.4 Å². The number of hydrogen-bond donors (Lipinski definition) is 1. The molecule has 0 unspecified atom stereocenters. The van der Waals surface area contributed by atoms with E-state index in [1.54, 1.807) is 0 Å². The second-order valence-electron chi connectivity index (χ2n) is 3.79. The molecule has 0 aromatic carbocycles. The van der Waals surface area contributed by atoms with Crippen LogP contribution in [0.3, 0.4) is 0 Å². The maximum atomic E-state index is 11.8. The Kier molecular flexibility index (Phi) is 2.22. The Hall–Kier alpha value is -1.43. The van der Waals surface area contributed by atoms with E-state index in [0.29, 0.717) is 12.8 Å². The topological polar surface area (TPSA) is 75.7 Å². The molecule has 15 heavy (non-hydrogen) atoms. The van der Waals surface area contributed by atoms with Gasteiger partial charge in [0.2, 0.25) is 11.8 Å². The van der Waals surface area contributed by atoms with Crippen LogP contribution in [0.5, 0.6) is 0 Å². The summed E-state index contributed by atoms with van der Waals surface area (Å²) < 4.78 is 4.80. The Morgan fingerprint density at radius 3 is 2.60 bits per heavy atom. The van der Waals surface area contributed by atoms with Crippen molar-refractivity contribution in [2.75, 3.05) is 20.3 Å². The number of amides is 4. The highest BCUT2D eigenvalue weighted by molar-refractivity contribution is 6.20. The molecule has 6 nitrogen and oxygen atoms in total. The zero-order valence-electron chi connectivity index (χ0n) is 8.41. The van der Waals surface area contributed by atoms with E-state index in [1.165, 1.54) is 7.11 Å². The summed E-state index contributed by atoms with van der Waals surface area (Å²) in [5.74, 6) is -0.834. The third-order valence-electron chi connectivity index (χ3n) is 2.82. The molecule has 2 rings (SSSR count). The number of urea groups is 1. The van der Waals surface area contributed by atoms with Crippen LogP contribution in [0.1, 0.15) is 12.8 Å². The summed E-state index contributed by atoms with van der Waals surface area (Å²) in [5, 5.41) is 2.19. The minimum absolute atomic E-state index is 0.191. The first kappa shape index (κ1) is 10.1. The smallest absolute Gasteiger partial charge is 0.330 e. The van der Waals surface area contributed by atoms with Crippen LogP contribution < -0.4 is 5.32 Å². The average molecular weight is 212 g/mol. The fraction of sp³-hybridized carbons (Fsp3) is 0.667. The highest BCUT2D eigenvalue weighted by Crippen LogP contribution is 2.48. The van der Waals surface area contributed by atoms with Crippen LogP contribution in [-0.2, 0) is 14.3 Å². The molecule has 2 fully saturated rings. The first-order valence-corrected chi connectivity index (χ1v) is 4.78. The van der Waals surface area contributed by atoms with Gasteiger partial charge in [-0.15, -0.1) is 0 Å². The van der Waals surface area contributed by atoms with E-state index in [4.69, 9.17) is 4.74 Å². The third kappa shape index (κ3) is 1.41. The lowest BCUT2D eigenvalue weighted by atomic mass is 10.0. The van der Waals surface area contributed by atoms with E-state index >= 15 is 0 Å². The number of methoxy groups -OCH3 is 1. The van der Waals surface area contributed by atoms with Crippen LogP contribution in [-0.4, -0.2) is 43.0 Å². The number of rotatable bonds is 3. The first-order valence-electron chi connectivity index (χ1n) is 4.78. The fourth-order valence-electron chi connectivity index (χ4n) is 1.68. The van der Waals surface area contributed by atoms with Crippen molar-refractivity contribution < 1.29 is 19.1 Å². The van der Waals surface area contributed by atoms with Crippen molar-refractivity contribution in [1.29, 1.82) is 0 Å². The van der Waals surface area contributed by atoms with Crippen LogP contribution in [0.4, 0.5) is 4.79 Å². The van der Waals surface area contributed by atoms with Crippen LogP contribution in [0, 0.1) is 5.41 Å². The summed E-state index contributed by atoms with van der Waals surface area (Å²) in [5.41, 5.74) is -0.943. The summed E-state index contributed by atoms with van der Waals surface area (Å²) in [6, 6.07) is -0.639. The molecule has 6 heteroatoms. The number of barbiturate groups is 1. The zero-order valence-corrected chi connectivity index (χ0v) is 8.41. The lowest BCUT2D eigenvalue weighted by molar-refractivity contribution is -0.145. The summed E-state index contributed by atoms with van der Waals surface area (Å²) >= 11 is 0. The molecule has 1 spiro atoms. The zero-order chi connectivity index (χ0) is 11.1. The normalized spacial score (nSPS) is 23.3. The molecule has 4 amide bonds. The standard InChI is InChI=1S/C9H12N2O4/c1-15-5-4-11-7(13)9(2-3-9)6(12)10-8(11)14/h2-5H2,1H3,(H,10,12,14). The maximum absolute atomic E-state index is 11.8. The summed E-state index contributed by atoms with van der Waals surface area (Å²) in [7, 11) is 1.49. The first-order chi connectivity index (χ1) is 7.12. The lowest BCUT2D eigenvalue weighted by Crippen LogP contribution is -2.59. The van der Waals surface area contributed by atoms with Gasteiger partial charge in [-0.05, 0) is 12.8 Å². The molecule has 1 saturated carbocycles. The maximum Gasteiger partial charge on any atom is 0.330 e. The lowest BCUT2D eigenvalue weighted by Gasteiger charge is -2.29. The molecule has 1 heterocycles. The largest absolute Gasteiger partial charge is 0.383 e. The van der Waals surface area contributed by atoms with Gasteiger partial charge in [-0.25, -0.2) is 4.79 Å². The SMILES string of the molecule is COCCN1C(=O)NC(=O)C2(CC2)C1=O. The number of nitrogens with zero attached hydrogens (tertiary/aromatic N) is 1. The highest BCUT2D eigenvalue weighted by atomic mass is 16.5. The van der Waals surface area contributed by atoms with Gasteiger partial charge in [0.15, 0.2) is 0 Å². The van der Waals surface area contributed by atoms with Gasteiger partial charge in [-0.3, -0.25) is 19.8 Å². The van der Waals surface area contributed by atoms with E-state index in [1.807, 2.05) is 0 Å². The minimum atomic E-state index is -0.943. The average Bonchev–Trinajstić information content (AvgIpc) is 2.96. The minimum Gasteiger partial charge on any atom is -0.383 e. The molecule has 1 aliphatic heterocycles. The number of carbonyl (C=O) groups excluding carboxylic acids is 3. The van der Waals surface area contributed by atoms with Crippen LogP contribution >= 0.6 is 0 Å². The molecular formula is C9H12N2O4. The van der Waals surface area contributed by atoms with Crippen molar-refractivity contribution in [3.8, 4) is 0 Å². The molecular weight excluding hydrogens is 200 g/mol. The second-order valence-corrected chi connectivity index (χ2v) is 3.79. The molecule has 1 N–H and O–H groups in total. The van der Waals surface area contributed by atoms with E-state index in [0.717, 1.165) is 4.90 Å². The van der Waals surface area contributed by atoms with Gasteiger partial charge in [0.05, 0.1) is 13.2 Å². The quantitative estimate of drug-likeness (QED) is 0.639. The van der Waals surface area contributed by atoms with Crippen molar-refractivity contribution in [2.45, 2.75) is 12.8 Å². The summed E-state index contributed by atoms with van der Waals surface area (Å²) in [4.78, 5) is 35.6. The predicted octanol–water partition coefficient (Wildman–Crippen LogP) is -0.509. The highest BCUT2D eigenvalue weighted by Gasteiger charge is 2.61.